The number of hydrogen-bond donors (Lipinski definition) is 1. The summed E-state index contributed by atoms with van der Waals surface area (Å²) in [6.45, 7) is 3.44. The van der Waals surface area contributed by atoms with Crippen LogP contribution < -0.4 is 5.32 Å². The van der Waals surface area contributed by atoms with E-state index in [2.05, 4.69) is 58.4 Å². The van der Waals surface area contributed by atoms with E-state index in [9.17, 15) is 4.79 Å². The molecule has 3 aromatic rings. The van der Waals surface area contributed by atoms with Crippen molar-refractivity contribution in [2.75, 3.05) is 6.54 Å². The molecule has 130 valence electrons. The highest BCUT2D eigenvalue weighted by Gasteiger charge is 2.10. The van der Waals surface area contributed by atoms with Crippen molar-refractivity contribution >= 4 is 16.9 Å². The highest BCUT2D eigenvalue weighted by atomic mass is 16.1. The van der Waals surface area contributed by atoms with E-state index in [4.69, 9.17) is 4.98 Å². The Labute approximate surface area is 148 Å². The van der Waals surface area contributed by atoms with Crippen molar-refractivity contribution in [1.82, 2.24) is 14.9 Å². The van der Waals surface area contributed by atoms with E-state index in [0.717, 1.165) is 37.1 Å². The standard InChI is InChI=1S/C21H25N3O/c1-2-21(25)22-15-14-20-23-18-12-6-7-13-19(18)24(20)16-8-11-17-9-4-3-5-10-17/h3-7,9-10,12-13H,2,8,11,14-16H2,1H3,(H,22,25). The number of rotatable bonds is 8. The summed E-state index contributed by atoms with van der Waals surface area (Å²) in [6.07, 6.45) is 3.40. The third kappa shape index (κ3) is 4.47. The Morgan fingerprint density at radius 3 is 2.60 bits per heavy atom. The molecule has 4 heteroatoms. The zero-order valence-electron chi connectivity index (χ0n) is 14.7. The van der Waals surface area contributed by atoms with Crippen LogP contribution in [0.4, 0.5) is 0 Å². The molecule has 1 N–H and O–H groups in total. The van der Waals surface area contributed by atoms with Crippen LogP contribution >= 0.6 is 0 Å². The lowest BCUT2D eigenvalue weighted by atomic mass is 10.1. The fourth-order valence-electron chi connectivity index (χ4n) is 3.09. The van der Waals surface area contributed by atoms with Crippen LogP contribution in [0.3, 0.4) is 0 Å². The van der Waals surface area contributed by atoms with Gasteiger partial charge in [0.05, 0.1) is 11.0 Å². The molecule has 0 aliphatic heterocycles. The van der Waals surface area contributed by atoms with Gasteiger partial charge in [-0.25, -0.2) is 4.98 Å². The van der Waals surface area contributed by atoms with Crippen LogP contribution in [-0.4, -0.2) is 22.0 Å². The van der Waals surface area contributed by atoms with Crippen LogP contribution in [0.15, 0.2) is 54.6 Å². The molecule has 0 bridgehead atoms. The number of benzene rings is 2. The van der Waals surface area contributed by atoms with E-state index in [-0.39, 0.29) is 5.91 Å². The van der Waals surface area contributed by atoms with Gasteiger partial charge in [0.15, 0.2) is 0 Å². The summed E-state index contributed by atoms with van der Waals surface area (Å²) in [5, 5.41) is 2.94. The first kappa shape index (κ1) is 17.2. The van der Waals surface area contributed by atoms with Gasteiger partial charge in [-0.05, 0) is 30.5 Å². The van der Waals surface area contributed by atoms with Crippen molar-refractivity contribution in [3.8, 4) is 0 Å². The molecule has 3 rings (SSSR count). The van der Waals surface area contributed by atoms with Crippen molar-refractivity contribution < 1.29 is 4.79 Å². The molecule has 0 aliphatic rings. The largest absolute Gasteiger partial charge is 0.356 e. The molecule has 0 fully saturated rings. The van der Waals surface area contributed by atoms with Gasteiger partial charge in [-0.1, -0.05) is 49.4 Å². The predicted molar refractivity (Wildman–Crippen MR) is 102 cm³/mol. The van der Waals surface area contributed by atoms with Gasteiger partial charge >= 0.3 is 0 Å². The first-order valence-corrected chi connectivity index (χ1v) is 9.02. The molecule has 1 aromatic heterocycles. The van der Waals surface area contributed by atoms with E-state index in [1.807, 2.05) is 13.0 Å². The molecule has 0 aliphatic carbocycles. The zero-order valence-corrected chi connectivity index (χ0v) is 14.7. The summed E-state index contributed by atoms with van der Waals surface area (Å²) in [7, 11) is 0. The van der Waals surface area contributed by atoms with Crippen molar-refractivity contribution in [3.63, 3.8) is 0 Å². The topological polar surface area (TPSA) is 46.9 Å². The number of imidazole rings is 1. The van der Waals surface area contributed by atoms with Gasteiger partial charge in [0.25, 0.3) is 0 Å². The highest BCUT2D eigenvalue weighted by Crippen LogP contribution is 2.17. The second kappa shape index (κ2) is 8.47. The Balaban J connectivity index is 1.70. The molecule has 1 amide bonds. The number of aromatic nitrogens is 2. The highest BCUT2D eigenvalue weighted by molar-refractivity contribution is 5.76. The average Bonchev–Trinajstić information content (AvgIpc) is 3.00. The lowest BCUT2D eigenvalue weighted by Crippen LogP contribution is -2.25. The van der Waals surface area contributed by atoms with Crippen LogP contribution in [-0.2, 0) is 24.2 Å². The Kier molecular flexibility index (Phi) is 5.83. The number of carbonyl (C=O) groups excluding carboxylic acids is 1. The zero-order chi connectivity index (χ0) is 17.5. The molecule has 0 saturated heterocycles. The van der Waals surface area contributed by atoms with Crippen molar-refractivity contribution in [3.05, 3.63) is 66.0 Å². The summed E-state index contributed by atoms with van der Waals surface area (Å²) in [4.78, 5) is 16.2. The van der Waals surface area contributed by atoms with Gasteiger partial charge < -0.3 is 9.88 Å². The summed E-state index contributed by atoms with van der Waals surface area (Å²) in [6, 6.07) is 18.8. The fraction of sp³-hybridized carbons (Fsp3) is 0.333. The van der Waals surface area contributed by atoms with Crippen molar-refractivity contribution in [2.45, 2.75) is 39.2 Å². The summed E-state index contributed by atoms with van der Waals surface area (Å²) < 4.78 is 2.30. The van der Waals surface area contributed by atoms with Crippen LogP contribution in [0.5, 0.6) is 0 Å². The Morgan fingerprint density at radius 1 is 1.04 bits per heavy atom. The Hall–Kier alpha value is -2.62. The lowest BCUT2D eigenvalue weighted by Gasteiger charge is -2.10. The average molecular weight is 335 g/mol. The van der Waals surface area contributed by atoms with Crippen molar-refractivity contribution in [2.24, 2.45) is 0 Å². The molecule has 0 unspecified atom stereocenters. The molecular weight excluding hydrogens is 310 g/mol. The summed E-state index contributed by atoms with van der Waals surface area (Å²) in [5.74, 6) is 1.14. The maximum Gasteiger partial charge on any atom is 0.219 e. The first-order valence-electron chi connectivity index (χ1n) is 9.02. The van der Waals surface area contributed by atoms with E-state index in [1.54, 1.807) is 0 Å². The SMILES string of the molecule is CCC(=O)NCCc1nc2ccccc2n1CCCc1ccccc1. The van der Waals surface area contributed by atoms with Gasteiger partial charge in [0, 0.05) is 25.9 Å². The second-order valence-corrected chi connectivity index (χ2v) is 6.21. The molecule has 0 radical (unpaired) electrons. The minimum absolute atomic E-state index is 0.0896. The third-order valence-electron chi connectivity index (χ3n) is 4.42. The fourth-order valence-corrected chi connectivity index (χ4v) is 3.09. The summed E-state index contributed by atoms with van der Waals surface area (Å²) >= 11 is 0. The number of hydrogen-bond acceptors (Lipinski definition) is 2. The van der Waals surface area contributed by atoms with Crippen molar-refractivity contribution in [1.29, 1.82) is 0 Å². The Morgan fingerprint density at radius 2 is 1.80 bits per heavy atom. The summed E-state index contributed by atoms with van der Waals surface area (Å²) in [5.41, 5.74) is 3.56. The lowest BCUT2D eigenvalue weighted by molar-refractivity contribution is -0.120. The van der Waals surface area contributed by atoms with Gasteiger partial charge in [0.1, 0.15) is 5.82 Å². The van der Waals surface area contributed by atoms with Gasteiger partial charge in [0.2, 0.25) is 5.91 Å². The number of fused-ring (bicyclic) bond motifs is 1. The molecular formula is C21H25N3O. The number of aryl methyl sites for hydroxylation is 2. The van der Waals surface area contributed by atoms with Crippen LogP contribution in [0, 0.1) is 0 Å². The van der Waals surface area contributed by atoms with Crippen LogP contribution in [0.25, 0.3) is 11.0 Å². The number of amides is 1. The normalized spacial score (nSPS) is 10.9. The van der Waals surface area contributed by atoms with Crippen LogP contribution in [0.2, 0.25) is 0 Å². The van der Waals surface area contributed by atoms with E-state index >= 15 is 0 Å². The molecule has 2 aromatic carbocycles. The maximum absolute atomic E-state index is 11.4. The molecule has 0 atom stereocenters. The van der Waals surface area contributed by atoms with E-state index < -0.39 is 0 Å². The second-order valence-electron chi connectivity index (χ2n) is 6.21. The number of nitrogens with one attached hydrogen (secondary N) is 1. The quantitative estimate of drug-likeness (QED) is 0.682. The molecule has 0 saturated carbocycles. The Bertz CT molecular complexity index is 824. The molecule has 1 heterocycles. The van der Waals surface area contributed by atoms with E-state index in [1.165, 1.54) is 11.1 Å². The van der Waals surface area contributed by atoms with Gasteiger partial charge in [-0.2, -0.15) is 0 Å². The smallest absolute Gasteiger partial charge is 0.219 e. The number of nitrogens with zero attached hydrogens (tertiary/aromatic N) is 2. The monoisotopic (exact) mass is 335 g/mol. The van der Waals surface area contributed by atoms with Crippen LogP contribution in [0.1, 0.15) is 31.2 Å². The molecule has 25 heavy (non-hydrogen) atoms. The number of para-hydroxylation sites is 2. The third-order valence-corrected chi connectivity index (χ3v) is 4.42. The van der Waals surface area contributed by atoms with E-state index in [0.29, 0.717) is 13.0 Å². The maximum atomic E-state index is 11.4. The molecule has 0 spiro atoms. The number of carbonyl (C=O) groups is 1. The van der Waals surface area contributed by atoms with Gasteiger partial charge in [-0.15, -0.1) is 0 Å². The van der Waals surface area contributed by atoms with Gasteiger partial charge in [-0.3, -0.25) is 4.79 Å². The minimum Gasteiger partial charge on any atom is -0.356 e. The predicted octanol–water partition coefficient (Wildman–Crippen LogP) is 3.74. The molecule has 4 nitrogen and oxygen atoms in total. The first-order chi connectivity index (χ1) is 12.3. The minimum atomic E-state index is 0.0896.